The van der Waals surface area contributed by atoms with Gasteiger partial charge in [-0.05, 0) is 19.8 Å². The number of aryl methyl sites for hydroxylation is 1. The second kappa shape index (κ2) is 7.82. The molecule has 0 fully saturated rings. The first kappa shape index (κ1) is 13.7. The first-order valence-corrected chi connectivity index (χ1v) is 6.46. The summed E-state index contributed by atoms with van der Waals surface area (Å²) in [7, 11) is 0. The molecule has 1 N–H and O–H groups in total. The molecule has 1 heterocycles. The van der Waals surface area contributed by atoms with Gasteiger partial charge in [0, 0.05) is 31.0 Å². The van der Waals surface area contributed by atoms with Crippen LogP contribution in [0.1, 0.15) is 39.5 Å². The van der Waals surface area contributed by atoms with Crippen molar-refractivity contribution < 1.29 is 9.36 Å². The van der Waals surface area contributed by atoms with Crippen LogP contribution < -0.4 is 9.88 Å². The van der Waals surface area contributed by atoms with Crippen molar-refractivity contribution in [3.05, 3.63) is 30.6 Å². The molecule has 1 aromatic rings. The van der Waals surface area contributed by atoms with Gasteiger partial charge in [-0.15, -0.1) is 0 Å². The van der Waals surface area contributed by atoms with E-state index in [-0.39, 0.29) is 5.91 Å². The van der Waals surface area contributed by atoms with Crippen molar-refractivity contribution in [1.29, 1.82) is 0 Å². The van der Waals surface area contributed by atoms with Crippen molar-refractivity contribution in [3.8, 4) is 0 Å². The van der Waals surface area contributed by atoms with E-state index < -0.39 is 0 Å². The van der Waals surface area contributed by atoms with Crippen LogP contribution in [0.15, 0.2) is 30.6 Å². The zero-order valence-electron chi connectivity index (χ0n) is 10.9. The monoisotopic (exact) mass is 235 g/mol. The van der Waals surface area contributed by atoms with Gasteiger partial charge in [0.05, 0.1) is 0 Å². The van der Waals surface area contributed by atoms with Gasteiger partial charge in [0.2, 0.25) is 5.91 Å². The molecule has 1 aromatic heterocycles. The van der Waals surface area contributed by atoms with Crippen molar-refractivity contribution in [2.75, 3.05) is 0 Å². The van der Waals surface area contributed by atoms with Crippen LogP contribution in [0, 0.1) is 0 Å². The van der Waals surface area contributed by atoms with Crippen LogP contribution in [0.3, 0.4) is 0 Å². The smallest absolute Gasteiger partial charge is 0.220 e. The van der Waals surface area contributed by atoms with E-state index in [9.17, 15) is 4.79 Å². The van der Waals surface area contributed by atoms with Gasteiger partial charge < -0.3 is 5.32 Å². The number of amides is 1. The second-order valence-electron chi connectivity index (χ2n) is 4.45. The quantitative estimate of drug-likeness (QED) is 0.569. The lowest BCUT2D eigenvalue weighted by atomic mass is 10.2. The SMILES string of the molecule is CCC(C)NC(=O)CCCC[n+]1ccccc1. The average molecular weight is 235 g/mol. The molecule has 3 heteroatoms. The number of pyridine rings is 1. The first-order chi connectivity index (χ1) is 8.22. The predicted octanol–water partition coefficient (Wildman–Crippen LogP) is 2.06. The molecule has 0 spiro atoms. The van der Waals surface area contributed by atoms with E-state index in [2.05, 4.69) is 29.2 Å². The standard InChI is InChI=1S/C14H22N2O/c1-3-13(2)15-14(17)9-5-8-12-16-10-6-4-7-11-16/h4,6-7,10-11,13H,3,5,8-9,12H2,1-2H3/p+1. The van der Waals surface area contributed by atoms with Crippen molar-refractivity contribution >= 4 is 5.91 Å². The highest BCUT2D eigenvalue weighted by Gasteiger charge is 2.05. The van der Waals surface area contributed by atoms with Crippen LogP contribution in [-0.2, 0) is 11.3 Å². The number of nitrogens with one attached hydrogen (secondary N) is 1. The van der Waals surface area contributed by atoms with Crippen LogP contribution in [0.5, 0.6) is 0 Å². The van der Waals surface area contributed by atoms with Crippen LogP contribution in [0.25, 0.3) is 0 Å². The molecular formula is C14H23N2O+. The number of hydrogen-bond acceptors (Lipinski definition) is 1. The maximum atomic E-state index is 11.5. The molecule has 0 aliphatic rings. The topological polar surface area (TPSA) is 33.0 Å². The molecular weight excluding hydrogens is 212 g/mol. The summed E-state index contributed by atoms with van der Waals surface area (Å²) in [5.74, 6) is 0.178. The van der Waals surface area contributed by atoms with E-state index in [1.54, 1.807) is 0 Å². The molecule has 94 valence electrons. The van der Waals surface area contributed by atoms with E-state index in [4.69, 9.17) is 0 Å². The van der Waals surface area contributed by atoms with E-state index in [1.165, 1.54) is 0 Å². The fourth-order valence-corrected chi connectivity index (χ4v) is 1.61. The first-order valence-electron chi connectivity index (χ1n) is 6.46. The average Bonchev–Trinajstić information content (AvgIpc) is 2.36. The molecule has 17 heavy (non-hydrogen) atoms. The molecule has 0 saturated heterocycles. The second-order valence-corrected chi connectivity index (χ2v) is 4.45. The Labute approximate surface area is 104 Å². The molecule has 1 rings (SSSR count). The van der Waals surface area contributed by atoms with Gasteiger partial charge in [0.25, 0.3) is 0 Å². The third-order valence-electron chi connectivity index (χ3n) is 2.87. The number of rotatable bonds is 7. The molecule has 3 nitrogen and oxygen atoms in total. The number of nitrogens with zero attached hydrogens (tertiary/aromatic N) is 1. The van der Waals surface area contributed by atoms with Gasteiger partial charge >= 0.3 is 0 Å². The Morgan fingerprint density at radius 2 is 1.94 bits per heavy atom. The lowest BCUT2D eigenvalue weighted by Gasteiger charge is -2.10. The lowest BCUT2D eigenvalue weighted by Crippen LogP contribution is -2.33. The van der Waals surface area contributed by atoms with Gasteiger partial charge in [-0.3, -0.25) is 4.79 Å². The minimum Gasteiger partial charge on any atom is -0.354 e. The zero-order chi connectivity index (χ0) is 12.5. The summed E-state index contributed by atoms with van der Waals surface area (Å²) < 4.78 is 2.15. The molecule has 0 aliphatic heterocycles. The third kappa shape index (κ3) is 6.05. The Kier molecular flexibility index (Phi) is 6.30. The van der Waals surface area contributed by atoms with E-state index in [0.29, 0.717) is 12.5 Å². The molecule has 0 aromatic carbocycles. The van der Waals surface area contributed by atoms with Gasteiger partial charge in [-0.1, -0.05) is 13.0 Å². The summed E-state index contributed by atoms with van der Waals surface area (Å²) in [4.78, 5) is 11.5. The Morgan fingerprint density at radius 1 is 1.24 bits per heavy atom. The maximum Gasteiger partial charge on any atom is 0.220 e. The molecule has 0 saturated carbocycles. The van der Waals surface area contributed by atoms with Gasteiger partial charge in [0.15, 0.2) is 12.4 Å². The minimum atomic E-state index is 0.178. The molecule has 0 aliphatic carbocycles. The number of carbonyl (C=O) groups is 1. The Hall–Kier alpha value is -1.38. The summed E-state index contributed by atoms with van der Waals surface area (Å²) in [5, 5.41) is 2.98. The van der Waals surface area contributed by atoms with Crippen LogP contribution in [-0.4, -0.2) is 11.9 Å². The normalized spacial score (nSPS) is 12.1. The van der Waals surface area contributed by atoms with Crippen molar-refractivity contribution in [3.63, 3.8) is 0 Å². The number of unbranched alkanes of at least 4 members (excludes halogenated alkanes) is 1. The molecule has 1 amide bonds. The van der Waals surface area contributed by atoms with E-state index >= 15 is 0 Å². The number of carbonyl (C=O) groups excluding carboxylic acids is 1. The molecule has 1 unspecified atom stereocenters. The van der Waals surface area contributed by atoms with Gasteiger partial charge in [0.1, 0.15) is 6.54 Å². The fraction of sp³-hybridized carbons (Fsp3) is 0.571. The molecule has 0 bridgehead atoms. The van der Waals surface area contributed by atoms with Crippen molar-refractivity contribution in [1.82, 2.24) is 5.32 Å². The Balaban J connectivity index is 2.10. The van der Waals surface area contributed by atoms with Gasteiger partial charge in [-0.25, -0.2) is 4.57 Å². The summed E-state index contributed by atoms with van der Waals surface area (Å²) in [6.45, 7) is 5.10. The van der Waals surface area contributed by atoms with Crippen LogP contribution in [0.4, 0.5) is 0 Å². The highest BCUT2D eigenvalue weighted by Crippen LogP contribution is 1.97. The van der Waals surface area contributed by atoms with E-state index in [1.807, 2.05) is 25.1 Å². The predicted molar refractivity (Wildman–Crippen MR) is 68.4 cm³/mol. The van der Waals surface area contributed by atoms with Crippen LogP contribution >= 0.6 is 0 Å². The summed E-state index contributed by atoms with van der Waals surface area (Å²) >= 11 is 0. The van der Waals surface area contributed by atoms with Gasteiger partial charge in [-0.2, -0.15) is 0 Å². The van der Waals surface area contributed by atoms with Crippen LogP contribution in [0.2, 0.25) is 0 Å². The third-order valence-corrected chi connectivity index (χ3v) is 2.87. The van der Waals surface area contributed by atoms with Crippen molar-refractivity contribution in [2.24, 2.45) is 0 Å². The molecule has 0 radical (unpaired) electrons. The Bertz CT molecular complexity index is 324. The zero-order valence-corrected chi connectivity index (χ0v) is 10.9. The summed E-state index contributed by atoms with van der Waals surface area (Å²) in [6.07, 6.45) is 7.73. The number of hydrogen-bond donors (Lipinski definition) is 1. The summed E-state index contributed by atoms with van der Waals surface area (Å²) in [6, 6.07) is 6.35. The maximum absolute atomic E-state index is 11.5. The lowest BCUT2D eigenvalue weighted by molar-refractivity contribution is -0.697. The van der Waals surface area contributed by atoms with E-state index in [0.717, 1.165) is 25.8 Å². The largest absolute Gasteiger partial charge is 0.354 e. The fourth-order valence-electron chi connectivity index (χ4n) is 1.61. The Morgan fingerprint density at radius 3 is 2.59 bits per heavy atom. The highest BCUT2D eigenvalue weighted by atomic mass is 16.1. The highest BCUT2D eigenvalue weighted by molar-refractivity contribution is 5.76. The summed E-state index contributed by atoms with van der Waals surface area (Å²) in [5.41, 5.74) is 0. The molecule has 1 atom stereocenters. The number of aromatic nitrogens is 1. The van der Waals surface area contributed by atoms with Crippen molar-refractivity contribution in [2.45, 2.75) is 52.1 Å². The minimum absolute atomic E-state index is 0.178.